The maximum absolute atomic E-state index is 11.2. The summed E-state index contributed by atoms with van der Waals surface area (Å²) in [6, 6.07) is 10.4. The lowest BCUT2D eigenvalue weighted by Gasteiger charge is -2.37. The third-order valence-corrected chi connectivity index (χ3v) is 5.88. The molecule has 1 saturated heterocycles. The molecule has 1 aromatic carbocycles. The number of para-hydroxylation sites is 1. The van der Waals surface area contributed by atoms with E-state index in [1.54, 1.807) is 11.8 Å². The molecule has 4 rings (SSSR count). The van der Waals surface area contributed by atoms with Crippen LogP contribution in [0.5, 0.6) is 0 Å². The molecule has 5 N–H and O–H groups in total. The molecule has 36 heavy (non-hydrogen) atoms. The zero-order valence-electron chi connectivity index (χ0n) is 20.0. The predicted octanol–water partition coefficient (Wildman–Crippen LogP) is 1.79. The number of carboxylic acids is 2. The van der Waals surface area contributed by atoms with Gasteiger partial charge in [0.2, 0.25) is 5.95 Å². The second-order valence-corrected chi connectivity index (χ2v) is 8.58. The maximum atomic E-state index is 11.2. The number of primary amides is 1. The molecular weight excluding hydrogens is 464 g/mol. The number of aliphatic carboxylic acids is 2. The van der Waals surface area contributed by atoms with Crippen LogP contribution in [0.15, 0.2) is 48.7 Å². The fourth-order valence-corrected chi connectivity index (χ4v) is 3.95. The first-order valence-corrected chi connectivity index (χ1v) is 11.9. The molecule has 1 amide bonds. The first-order valence-electron chi connectivity index (χ1n) is 11.9. The van der Waals surface area contributed by atoms with Crippen molar-refractivity contribution >= 4 is 29.5 Å². The van der Waals surface area contributed by atoms with Crippen LogP contribution >= 0.6 is 0 Å². The van der Waals surface area contributed by atoms with Crippen LogP contribution in [0, 0.1) is 0 Å². The van der Waals surface area contributed by atoms with Crippen LogP contribution in [0.1, 0.15) is 41.2 Å². The molecule has 11 heteroatoms. The highest BCUT2D eigenvalue weighted by molar-refractivity contribution is 5.91. The molecule has 192 valence electrons. The van der Waals surface area contributed by atoms with Gasteiger partial charge < -0.3 is 26.2 Å². The van der Waals surface area contributed by atoms with Gasteiger partial charge in [-0.1, -0.05) is 18.2 Å². The number of hydrogen-bond donors (Lipinski definition) is 4. The molecule has 1 aromatic heterocycles. The van der Waals surface area contributed by atoms with Gasteiger partial charge in [-0.3, -0.25) is 9.69 Å². The van der Waals surface area contributed by atoms with Crippen LogP contribution < -0.4 is 16.0 Å². The number of nitrogens with two attached hydrogens (primary N) is 1. The molecule has 0 atom stereocenters. The van der Waals surface area contributed by atoms with E-state index in [0.29, 0.717) is 18.1 Å². The SMILES string of the molecule is NC(=O)c1ccnc(NCCCN2CCN(c3ccccc3C3CC3)CC2)n1.O=C(O)C=CC(=O)O. The number of carbonyl (C=O) groups is 3. The Hall–Kier alpha value is -3.99. The standard InChI is InChI=1S/C21H28N6O.C4H4O4/c22-20(28)18-8-10-24-21(25-18)23-9-3-11-26-12-14-27(15-13-26)19-5-2-1-4-17(19)16-6-7-16;5-3(6)1-2-4(7)8/h1-2,4-5,8,10,16H,3,6-7,9,11-15H2,(H2,22,28)(H,23,24,25);1-2H,(H,5,6)(H,7,8). The van der Waals surface area contributed by atoms with Crippen molar-refractivity contribution in [2.45, 2.75) is 25.2 Å². The third kappa shape index (κ3) is 8.66. The summed E-state index contributed by atoms with van der Waals surface area (Å²) in [6.45, 7) is 6.16. The zero-order valence-corrected chi connectivity index (χ0v) is 20.0. The van der Waals surface area contributed by atoms with Gasteiger partial charge in [-0.15, -0.1) is 0 Å². The van der Waals surface area contributed by atoms with Crippen molar-refractivity contribution in [3.63, 3.8) is 0 Å². The van der Waals surface area contributed by atoms with E-state index in [-0.39, 0.29) is 5.69 Å². The molecule has 1 saturated carbocycles. The average molecular weight is 497 g/mol. The number of nitrogens with zero attached hydrogens (tertiary/aromatic N) is 4. The first-order chi connectivity index (χ1) is 17.3. The van der Waals surface area contributed by atoms with Crippen molar-refractivity contribution in [2.24, 2.45) is 5.73 Å². The quantitative estimate of drug-likeness (QED) is 0.282. The van der Waals surface area contributed by atoms with Gasteiger partial charge in [0, 0.05) is 56.8 Å². The maximum Gasteiger partial charge on any atom is 0.328 e. The smallest absolute Gasteiger partial charge is 0.328 e. The molecular formula is C25H32N6O5. The zero-order chi connectivity index (χ0) is 25.9. The van der Waals surface area contributed by atoms with Crippen molar-refractivity contribution in [2.75, 3.05) is 49.5 Å². The number of carboxylic acid groups (broad SMARTS) is 2. The summed E-state index contributed by atoms with van der Waals surface area (Å²) in [4.78, 5) is 43.6. The van der Waals surface area contributed by atoms with Gasteiger partial charge in [0.1, 0.15) is 5.69 Å². The van der Waals surface area contributed by atoms with E-state index in [2.05, 4.69) is 49.4 Å². The van der Waals surface area contributed by atoms with Gasteiger partial charge in [-0.25, -0.2) is 19.6 Å². The van der Waals surface area contributed by atoms with E-state index in [9.17, 15) is 14.4 Å². The van der Waals surface area contributed by atoms with Crippen LogP contribution in [0.25, 0.3) is 0 Å². The fraction of sp³-hybridized carbons (Fsp3) is 0.400. The minimum atomic E-state index is -1.26. The van der Waals surface area contributed by atoms with Crippen molar-refractivity contribution < 1.29 is 24.6 Å². The fourth-order valence-electron chi connectivity index (χ4n) is 3.95. The number of piperazine rings is 1. The van der Waals surface area contributed by atoms with Crippen LogP contribution in [0.3, 0.4) is 0 Å². The lowest BCUT2D eigenvalue weighted by atomic mass is 10.1. The van der Waals surface area contributed by atoms with Crippen molar-refractivity contribution in [1.29, 1.82) is 0 Å². The summed E-state index contributed by atoms with van der Waals surface area (Å²) in [7, 11) is 0. The molecule has 2 heterocycles. The van der Waals surface area contributed by atoms with Gasteiger partial charge in [0.05, 0.1) is 0 Å². The molecule has 0 spiro atoms. The molecule has 1 aliphatic heterocycles. The molecule has 11 nitrogen and oxygen atoms in total. The normalized spacial score (nSPS) is 15.7. The second-order valence-electron chi connectivity index (χ2n) is 8.58. The monoisotopic (exact) mass is 496 g/mol. The lowest BCUT2D eigenvalue weighted by Crippen LogP contribution is -2.47. The molecule has 2 aliphatic rings. The largest absolute Gasteiger partial charge is 0.478 e. The minimum Gasteiger partial charge on any atom is -0.478 e. The van der Waals surface area contributed by atoms with E-state index in [1.807, 2.05) is 0 Å². The minimum absolute atomic E-state index is 0.236. The number of carbonyl (C=O) groups excluding carboxylic acids is 1. The Morgan fingerprint density at radius 1 is 1.03 bits per heavy atom. The Morgan fingerprint density at radius 3 is 2.31 bits per heavy atom. The summed E-state index contributed by atoms with van der Waals surface area (Å²) in [5.41, 5.74) is 8.47. The van der Waals surface area contributed by atoms with Gasteiger partial charge >= 0.3 is 11.9 Å². The van der Waals surface area contributed by atoms with E-state index in [0.717, 1.165) is 51.6 Å². The Labute approximate surface area is 209 Å². The molecule has 2 aromatic rings. The molecule has 0 unspecified atom stereocenters. The number of hydrogen-bond acceptors (Lipinski definition) is 8. The predicted molar refractivity (Wildman–Crippen MR) is 135 cm³/mol. The lowest BCUT2D eigenvalue weighted by molar-refractivity contribution is -0.134. The van der Waals surface area contributed by atoms with E-state index >= 15 is 0 Å². The Bertz CT molecular complexity index is 1060. The Balaban J connectivity index is 0.000000392. The number of amides is 1. The number of benzene rings is 1. The van der Waals surface area contributed by atoms with E-state index < -0.39 is 17.8 Å². The molecule has 0 bridgehead atoms. The van der Waals surface area contributed by atoms with Gasteiger partial charge in [-0.05, 0) is 49.4 Å². The molecule has 0 radical (unpaired) electrons. The molecule has 1 aliphatic carbocycles. The summed E-state index contributed by atoms with van der Waals surface area (Å²) < 4.78 is 0. The first kappa shape index (κ1) is 26.6. The molecule has 2 fully saturated rings. The number of nitrogens with one attached hydrogen (secondary N) is 1. The van der Waals surface area contributed by atoms with Gasteiger partial charge in [0.15, 0.2) is 0 Å². The van der Waals surface area contributed by atoms with E-state index in [4.69, 9.17) is 15.9 Å². The summed E-state index contributed by atoms with van der Waals surface area (Å²) in [5, 5.41) is 18.8. The Morgan fingerprint density at radius 2 is 1.69 bits per heavy atom. The highest BCUT2D eigenvalue weighted by Gasteiger charge is 2.28. The van der Waals surface area contributed by atoms with Crippen LogP contribution in [-0.4, -0.2) is 82.2 Å². The summed E-state index contributed by atoms with van der Waals surface area (Å²) in [6.07, 6.45) is 6.35. The third-order valence-electron chi connectivity index (χ3n) is 5.88. The highest BCUT2D eigenvalue weighted by atomic mass is 16.4. The van der Waals surface area contributed by atoms with Crippen molar-refractivity contribution in [1.82, 2.24) is 14.9 Å². The van der Waals surface area contributed by atoms with Crippen LogP contribution in [-0.2, 0) is 9.59 Å². The summed E-state index contributed by atoms with van der Waals surface area (Å²) in [5.74, 6) is -1.81. The average Bonchev–Trinajstić information content (AvgIpc) is 3.72. The second kappa shape index (κ2) is 13.2. The highest BCUT2D eigenvalue weighted by Crippen LogP contribution is 2.44. The number of rotatable bonds is 10. The topological polar surface area (TPSA) is 162 Å². The summed E-state index contributed by atoms with van der Waals surface area (Å²) >= 11 is 0. The van der Waals surface area contributed by atoms with E-state index in [1.165, 1.54) is 24.6 Å². The van der Waals surface area contributed by atoms with Gasteiger partial charge in [-0.2, -0.15) is 0 Å². The van der Waals surface area contributed by atoms with Crippen LogP contribution in [0.2, 0.25) is 0 Å². The van der Waals surface area contributed by atoms with Crippen molar-refractivity contribution in [3.8, 4) is 0 Å². The number of anilines is 2. The van der Waals surface area contributed by atoms with Crippen molar-refractivity contribution in [3.05, 3.63) is 59.9 Å². The van der Waals surface area contributed by atoms with Crippen LogP contribution in [0.4, 0.5) is 11.6 Å². The van der Waals surface area contributed by atoms with Gasteiger partial charge in [0.25, 0.3) is 5.91 Å². The number of aromatic nitrogens is 2. The Kier molecular flexibility index (Phi) is 9.75.